The third-order valence-electron chi connectivity index (χ3n) is 3.13. The molecule has 0 aromatic carbocycles. The second-order valence-corrected chi connectivity index (χ2v) is 4.92. The zero-order chi connectivity index (χ0) is 12.9. The molecule has 0 bridgehead atoms. The highest BCUT2D eigenvalue weighted by atomic mass is 15.3. The van der Waals surface area contributed by atoms with Crippen LogP contribution in [-0.2, 0) is 6.42 Å². The molecule has 1 aromatic rings. The average molecular weight is 237 g/mol. The predicted octanol–water partition coefficient (Wildman–Crippen LogP) is 2.17. The number of nitrogens with one attached hydrogen (secondary N) is 2. The van der Waals surface area contributed by atoms with E-state index in [0.29, 0.717) is 5.82 Å². The molecule has 0 fully saturated rings. The Balaban J connectivity index is 2.84. The fraction of sp³-hybridized carbons (Fsp3) is 0.667. The summed E-state index contributed by atoms with van der Waals surface area (Å²) in [6.45, 7) is 9.60. The lowest BCUT2D eigenvalue weighted by molar-refractivity contribution is 0.376. The van der Waals surface area contributed by atoms with Crippen molar-refractivity contribution >= 4 is 11.6 Å². The van der Waals surface area contributed by atoms with E-state index in [2.05, 4.69) is 48.4 Å². The molecule has 4 N–H and O–H groups in total. The molecule has 0 atom stereocenters. The summed E-state index contributed by atoms with van der Waals surface area (Å²) in [6.07, 6.45) is 3.49. The molecule has 1 rings (SSSR count). The summed E-state index contributed by atoms with van der Waals surface area (Å²) in [5.41, 5.74) is 3.89. The highest BCUT2D eigenvalue weighted by Gasteiger charge is 2.16. The van der Waals surface area contributed by atoms with Crippen LogP contribution in [0.4, 0.5) is 11.6 Å². The van der Waals surface area contributed by atoms with E-state index in [-0.39, 0.29) is 5.41 Å². The summed E-state index contributed by atoms with van der Waals surface area (Å²) in [4.78, 5) is 8.38. The second kappa shape index (κ2) is 5.82. The van der Waals surface area contributed by atoms with E-state index < -0.39 is 0 Å². The molecule has 0 aliphatic heterocycles. The first-order valence-corrected chi connectivity index (χ1v) is 6.08. The number of hydrogen-bond donors (Lipinski definition) is 3. The minimum atomic E-state index is 0.256. The normalized spacial score (nSPS) is 11.4. The lowest BCUT2D eigenvalue weighted by Crippen LogP contribution is -2.23. The predicted molar refractivity (Wildman–Crippen MR) is 71.8 cm³/mol. The maximum atomic E-state index is 5.44. The Morgan fingerprint density at radius 3 is 2.41 bits per heavy atom. The zero-order valence-electron chi connectivity index (χ0n) is 11.2. The Morgan fingerprint density at radius 2 is 1.88 bits per heavy atom. The quantitative estimate of drug-likeness (QED) is 0.522. The van der Waals surface area contributed by atoms with Crippen LogP contribution in [0.25, 0.3) is 0 Å². The molecule has 0 saturated carbocycles. The molecule has 17 heavy (non-hydrogen) atoms. The smallest absolute Gasteiger partial charge is 0.148 e. The minimum Gasteiger partial charge on any atom is -0.369 e. The van der Waals surface area contributed by atoms with Crippen molar-refractivity contribution in [1.29, 1.82) is 0 Å². The summed E-state index contributed by atoms with van der Waals surface area (Å²) >= 11 is 0. The van der Waals surface area contributed by atoms with Crippen LogP contribution in [0.5, 0.6) is 0 Å². The van der Waals surface area contributed by atoms with Crippen LogP contribution < -0.4 is 16.6 Å². The third-order valence-corrected chi connectivity index (χ3v) is 3.13. The molecule has 0 aliphatic carbocycles. The first-order valence-electron chi connectivity index (χ1n) is 6.08. The van der Waals surface area contributed by atoms with Gasteiger partial charge < -0.3 is 10.7 Å². The fourth-order valence-corrected chi connectivity index (χ4v) is 1.47. The van der Waals surface area contributed by atoms with Gasteiger partial charge >= 0.3 is 0 Å². The van der Waals surface area contributed by atoms with E-state index in [1.54, 1.807) is 0 Å². The second-order valence-electron chi connectivity index (χ2n) is 4.92. The van der Waals surface area contributed by atoms with Crippen LogP contribution >= 0.6 is 0 Å². The first kappa shape index (κ1) is 13.7. The van der Waals surface area contributed by atoms with Crippen LogP contribution in [0.2, 0.25) is 0 Å². The maximum absolute atomic E-state index is 5.44. The van der Waals surface area contributed by atoms with Gasteiger partial charge in [-0.2, -0.15) is 0 Å². The number of anilines is 2. The number of nitrogen functional groups attached to an aromatic ring is 1. The SMILES string of the molecule is CCc1c(NN)ncnc1NCC(C)(C)CC. The topological polar surface area (TPSA) is 75.9 Å². The van der Waals surface area contributed by atoms with Gasteiger partial charge in [-0.1, -0.05) is 27.7 Å². The average Bonchev–Trinajstić information content (AvgIpc) is 2.35. The van der Waals surface area contributed by atoms with E-state index in [1.807, 2.05) is 0 Å². The number of nitrogens with two attached hydrogens (primary N) is 1. The van der Waals surface area contributed by atoms with Crippen molar-refractivity contribution in [2.24, 2.45) is 11.3 Å². The Bertz CT molecular complexity index is 362. The Morgan fingerprint density at radius 1 is 1.24 bits per heavy atom. The Hall–Kier alpha value is -1.36. The summed E-state index contributed by atoms with van der Waals surface area (Å²) in [5, 5.41) is 3.38. The molecule has 1 aromatic heterocycles. The number of hydrazine groups is 1. The molecule has 0 spiro atoms. The van der Waals surface area contributed by atoms with Crippen molar-refractivity contribution in [3.63, 3.8) is 0 Å². The molecule has 5 heteroatoms. The highest BCUT2D eigenvalue weighted by molar-refractivity contribution is 5.56. The van der Waals surface area contributed by atoms with Gasteiger partial charge in [-0.15, -0.1) is 0 Å². The van der Waals surface area contributed by atoms with Crippen LogP contribution in [0, 0.1) is 5.41 Å². The molecule has 1 heterocycles. The van der Waals surface area contributed by atoms with Crippen molar-refractivity contribution in [3.05, 3.63) is 11.9 Å². The molecule has 0 aliphatic rings. The highest BCUT2D eigenvalue weighted by Crippen LogP contribution is 2.23. The van der Waals surface area contributed by atoms with Crippen LogP contribution in [0.3, 0.4) is 0 Å². The zero-order valence-corrected chi connectivity index (χ0v) is 11.2. The molecule has 5 nitrogen and oxygen atoms in total. The molecule has 96 valence electrons. The van der Waals surface area contributed by atoms with Gasteiger partial charge in [0.2, 0.25) is 0 Å². The standard InChI is InChI=1S/C12H23N5/c1-5-9-10(14-7-12(3,4)6-2)15-8-16-11(9)17-13/h8H,5-7,13H2,1-4H3,(H2,14,15,16,17). The van der Waals surface area contributed by atoms with Gasteiger partial charge in [0, 0.05) is 12.1 Å². The van der Waals surface area contributed by atoms with E-state index in [1.165, 1.54) is 6.33 Å². The molecule has 0 radical (unpaired) electrons. The number of rotatable bonds is 6. The first-order chi connectivity index (χ1) is 8.04. The van der Waals surface area contributed by atoms with Crippen molar-refractivity contribution in [1.82, 2.24) is 9.97 Å². The number of hydrogen-bond acceptors (Lipinski definition) is 5. The summed E-state index contributed by atoms with van der Waals surface area (Å²) in [5.74, 6) is 7.00. The van der Waals surface area contributed by atoms with Gasteiger partial charge in [0.25, 0.3) is 0 Å². The summed E-state index contributed by atoms with van der Waals surface area (Å²) in [6, 6.07) is 0. The number of aromatic nitrogens is 2. The third kappa shape index (κ3) is 3.56. The van der Waals surface area contributed by atoms with E-state index in [0.717, 1.165) is 30.8 Å². The monoisotopic (exact) mass is 237 g/mol. The Labute approximate surface area is 103 Å². The van der Waals surface area contributed by atoms with Gasteiger partial charge in [-0.3, -0.25) is 0 Å². The van der Waals surface area contributed by atoms with Crippen molar-refractivity contribution in [3.8, 4) is 0 Å². The Kier molecular flexibility index (Phi) is 4.69. The molecule has 0 unspecified atom stereocenters. The molecular weight excluding hydrogens is 214 g/mol. The van der Waals surface area contributed by atoms with E-state index in [9.17, 15) is 0 Å². The van der Waals surface area contributed by atoms with Crippen LogP contribution in [0.1, 0.15) is 39.7 Å². The van der Waals surface area contributed by atoms with Gasteiger partial charge in [-0.25, -0.2) is 15.8 Å². The number of nitrogens with zero attached hydrogens (tertiary/aromatic N) is 2. The molecule has 0 amide bonds. The van der Waals surface area contributed by atoms with Crippen LogP contribution in [0.15, 0.2) is 6.33 Å². The van der Waals surface area contributed by atoms with Gasteiger partial charge in [0.15, 0.2) is 0 Å². The lowest BCUT2D eigenvalue weighted by Gasteiger charge is -2.24. The van der Waals surface area contributed by atoms with Gasteiger partial charge in [0.1, 0.15) is 18.0 Å². The lowest BCUT2D eigenvalue weighted by atomic mass is 9.90. The largest absolute Gasteiger partial charge is 0.369 e. The minimum absolute atomic E-state index is 0.256. The van der Waals surface area contributed by atoms with Gasteiger partial charge in [0.05, 0.1) is 0 Å². The van der Waals surface area contributed by atoms with Crippen LogP contribution in [-0.4, -0.2) is 16.5 Å². The van der Waals surface area contributed by atoms with Gasteiger partial charge in [-0.05, 0) is 18.3 Å². The van der Waals surface area contributed by atoms with E-state index >= 15 is 0 Å². The summed E-state index contributed by atoms with van der Waals surface area (Å²) < 4.78 is 0. The van der Waals surface area contributed by atoms with E-state index in [4.69, 9.17) is 5.84 Å². The molecular formula is C12H23N5. The van der Waals surface area contributed by atoms with Crippen molar-refractivity contribution in [2.75, 3.05) is 17.3 Å². The van der Waals surface area contributed by atoms with Crippen molar-refractivity contribution in [2.45, 2.75) is 40.5 Å². The fourth-order valence-electron chi connectivity index (χ4n) is 1.47. The summed E-state index contributed by atoms with van der Waals surface area (Å²) in [7, 11) is 0. The molecule has 0 saturated heterocycles. The maximum Gasteiger partial charge on any atom is 0.148 e. The van der Waals surface area contributed by atoms with Crippen molar-refractivity contribution < 1.29 is 0 Å².